The van der Waals surface area contributed by atoms with E-state index in [0.717, 1.165) is 29.7 Å². The number of nitrogens with one attached hydrogen (secondary N) is 1. The van der Waals surface area contributed by atoms with E-state index in [9.17, 15) is 0 Å². The van der Waals surface area contributed by atoms with Crippen molar-refractivity contribution in [2.75, 3.05) is 6.61 Å². The Labute approximate surface area is 75.7 Å². The van der Waals surface area contributed by atoms with Gasteiger partial charge in [0, 0.05) is 19.2 Å². The number of hydrogen-bond donors (Lipinski definition) is 2. The van der Waals surface area contributed by atoms with Gasteiger partial charge in [-0.25, -0.2) is 4.98 Å². The summed E-state index contributed by atoms with van der Waals surface area (Å²) < 4.78 is 0. The van der Waals surface area contributed by atoms with Crippen molar-refractivity contribution >= 4 is 11.0 Å². The number of aromatic amines is 1. The van der Waals surface area contributed by atoms with Gasteiger partial charge in [0.25, 0.3) is 0 Å². The minimum Gasteiger partial charge on any atom is -0.396 e. The van der Waals surface area contributed by atoms with Gasteiger partial charge in [-0.2, -0.15) is 0 Å². The predicted octanol–water partition coefficient (Wildman–Crippen LogP) is 0.883. The molecule has 0 spiro atoms. The maximum atomic E-state index is 8.65. The molecule has 2 rings (SSSR count). The fraction of sp³-hybridized carbons (Fsp3) is 0.333. The van der Waals surface area contributed by atoms with Gasteiger partial charge in [-0.1, -0.05) is 0 Å². The van der Waals surface area contributed by atoms with Gasteiger partial charge in [0.05, 0.1) is 17.2 Å². The topological polar surface area (TPSA) is 61.8 Å². The number of hydrogen-bond acceptors (Lipinski definition) is 3. The van der Waals surface area contributed by atoms with Crippen LogP contribution in [0.5, 0.6) is 0 Å². The lowest BCUT2D eigenvalue weighted by Crippen LogP contribution is -1.90. The van der Waals surface area contributed by atoms with Crippen LogP contribution in [0.25, 0.3) is 11.0 Å². The fourth-order valence-corrected chi connectivity index (χ4v) is 1.27. The summed E-state index contributed by atoms with van der Waals surface area (Å²) >= 11 is 0. The number of pyridine rings is 1. The highest BCUT2D eigenvalue weighted by molar-refractivity contribution is 5.73. The van der Waals surface area contributed by atoms with Crippen molar-refractivity contribution in [1.29, 1.82) is 0 Å². The Kier molecular flexibility index (Phi) is 2.23. The zero-order valence-corrected chi connectivity index (χ0v) is 7.20. The van der Waals surface area contributed by atoms with Gasteiger partial charge in [0.2, 0.25) is 0 Å². The highest BCUT2D eigenvalue weighted by Gasteiger charge is 2.00. The van der Waals surface area contributed by atoms with E-state index in [4.69, 9.17) is 5.11 Å². The molecule has 0 aliphatic carbocycles. The second-order valence-corrected chi connectivity index (χ2v) is 2.90. The molecule has 0 aliphatic rings. The van der Waals surface area contributed by atoms with Crippen LogP contribution in [0.3, 0.4) is 0 Å². The molecule has 0 saturated carbocycles. The molecular formula is C9H11N3O. The molecule has 0 unspecified atom stereocenters. The molecule has 0 bridgehead atoms. The Morgan fingerprint density at radius 1 is 1.46 bits per heavy atom. The van der Waals surface area contributed by atoms with Crippen molar-refractivity contribution in [2.45, 2.75) is 12.8 Å². The van der Waals surface area contributed by atoms with Gasteiger partial charge in [-0.3, -0.25) is 4.98 Å². The monoisotopic (exact) mass is 177 g/mol. The molecule has 4 heteroatoms. The predicted molar refractivity (Wildman–Crippen MR) is 49.3 cm³/mol. The summed E-state index contributed by atoms with van der Waals surface area (Å²) in [4.78, 5) is 11.5. The highest BCUT2D eigenvalue weighted by atomic mass is 16.2. The summed E-state index contributed by atoms with van der Waals surface area (Å²) in [7, 11) is 0. The van der Waals surface area contributed by atoms with Crippen molar-refractivity contribution in [1.82, 2.24) is 15.0 Å². The molecule has 0 atom stereocenters. The third kappa shape index (κ3) is 1.67. The van der Waals surface area contributed by atoms with E-state index in [-0.39, 0.29) is 6.61 Å². The van der Waals surface area contributed by atoms with E-state index >= 15 is 0 Å². The van der Waals surface area contributed by atoms with Gasteiger partial charge in [-0.15, -0.1) is 0 Å². The summed E-state index contributed by atoms with van der Waals surface area (Å²) in [5.74, 6) is 0.914. The van der Waals surface area contributed by atoms with Crippen LogP contribution in [-0.4, -0.2) is 26.7 Å². The first-order valence-corrected chi connectivity index (χ1v) is 4.29. The quantitative estimate of drug-likeness (QED) is 0.731. The normalized spacial score (nSPS) is 10.8. The summed E-state index contributed by atoms with van der Waals surface area (Å²) in [5, 5.41) is 8.65. The summed E-state index contributed by atoms with van der Waals surface area (Å²) in [6, 6.07) is 1.87. The average Bonchev–Trinajstić information content (AvgIpc) is 2.57. The van der Waals surface area contributed by atoms with Crippen molar-refractivity contribution in [3.05, 3.63) is 24.3 Å². The van der Waals surface area contributed by atoms with Crippen molar-refractivity contribution in [2.24, 2.45) is 0 Å². The van der Waals surface area contributed by atoms with Crippen LogP contribution >= 0.6 is 0 Å². The third-order valence-corrected chi connectivity index (χ3v) is 1.90. The van der Waals surface area contributed by atoms with Crippen molar-refractivity contribution in [3.8, 4) is 0 Å². The van der Waals surface area contributed by atoms with E-state index in [1.54, 1.807) is 12.4 Å². The van der Waals surface area contributed by atoms with Gasteiger partial charge < -0.3 is 10.1 Å². The lowest BCUT2D eigenvalue weighted by molar-refractivity contribution is 0.287. The molecule has 68 valence electrons. The molecule has 0 fully saturated rings. The number of fused-ring (bicyclic) bond motifs is 1. The number of imidazole rings is 1. The molecule has 2 aromatic heterocycles. The van der Waals surface area contributed by atoms with Gasteiger partial charge in [-0.05, 0) is 12.5 Å². The Morgan fingerprint density at radius 2 is 2.38 bits per heavy atom. The number of aromatic nitrogens is 3. The molecule has 13 heavy (non-hydrogen) atoms. The van der Waals surface area contributed by atoms with E-state index in [2.05, 4.69) is 15.0 Å². The molecule has 2 N–H and O–H groups in total. The average molecular weight is 177 g/mol. The van der Waals surface area contributed by atoms with Crippen LogP contribution in [0.15, 0.2) is 18.5 Å². The van der Waals surface area contributed by atoms with Crippen LogP contribution in [-0.2, 0) is 6.42 Å². The van der Waals surface area contributed by atoms with Crippen LogP contribution in [0, 0.1) is 0 Å². The molecule has 0 amide bonds. The number of aryl methyl sites for hydroxylation is 1. The number of rotatable bonds is 3. The Morgan fingerprint density at radius 3 is 3.15 bits per heavy atom. The molecule has 2 aromatic rings. The number of H-pyrrole nitrogens is 1. The lowest BCUT2D eigenvalue weighted by atomic mass is 10.3. The molecule has 0 aliphatic heterocycles. The largest absolute Gasteiger partial charge is 0.396 e. The van der Waals surface area contributed by atoms with Crippen molar-refractivity contribution in [3.63, 3.8) is 0 Å². The zero-order chi connectivity index (χ0) is 9.10. The second-order valence-electron chi connectivity index (χ2n) is 2.90. The van der Waals surface area contributed by atoms with Crippen LogP contribution in [0.4, 0.5) is 0 Å². The lowest BCUT2D eigenvalue weighted by Gasteiger charge is -1.90. The third-order valence-electron chi connectivity index (χ3n) is 1.90. The highest BCUT2D eigenvalue weighted by Crippen LogP contribution is 2.09. The standard InChI is InChI=1S/C9H11N3O/c13-5-1-2-9-11-7-3-4-10-6-8(7)12-9/h3-4,6,13H,1-2,5H2,(H,11,12). The van der Waals surface area contributed by atoms with Crippen molar-refractivity contribution < 1.29 is 5.11 Å². The molecule has 0 radical (unpaired) electrons. The first-order chi connectivity index (χ1) is 6.40. The molecule has 0 saturated heterocycles. The minimum absolute atomic E-state index is 0.204. The smallest absolute Gasteiger partial charge is 0.107 e. The molecular weight excluding hydrogens is 166 g/mol. The summed E-state index contributed by atoms with van der Waals surface area (Å²) in [6.45, 7) is 0.204. The fourth-order valence-electron chi connectivity index (χ4n) is 1.27. The molecule has 4 nitrogen and oxygen atoms in total. The van der Waals surface area contributed by atoms with Gasteiger partial charge >= 0.3 is 0 Å². The maximum absolute atomic E-state index is 8.65. The minimum atomic E-state index is 0.204. The molecule has 2 heterocycles. The SMILES string of the molecule is OCCCc1nc2ccncc2[nH]1. The zero-order valence-electron chi connectivity index (χ0n) is 7.20. The summed E-state index contributed by atoms with van der Waals surface area (Å²) in [6.07, 6.45) is 5.00. The molecule has 0 aromatic carbocycles. The number of aliphatic hydroxyl groups excluding tert-OH is 1. The van der Waals surface area contributed by atoms with Crippen LogP contribution in [0.1, 0.15) is 12.2 Å². The Bertz CT molecular complexity index is 363. The van der Waals surface area contributed by atoms with E-state index in [1.165, 1.54) is 0 Å². The van der Waals surface area contributed by atoms with Gasteiger partial charge in [0.15, 0.2) is 0 Å². The van der Waals surface area contributed by atoms with Crippen LogP contribution in [0.2, 0.25) is 0 Å². The second kappa shape index (κ2) is 3.53. The van der Waals surface area contributed by atoms with Gasteiger partial charge in [0.1, 0.15) is 5.82 Å². The first kappa shape index (κ1) is 8.19. The summed E-state index contributed by atoms with van der Waals surface area (Å²) in [5.41, 5.74) is 1.89. The maximum Gasteiger partial charge on any atom is 0.107 e. The Balaban J connectivity index is 2.28. The first-order valence-electron chi connectivity index (χ1n) is 4.29. The van der Waals surface area contributed by atoms with E-state index in [0.29, 0.717) is 0 Å². The number of nitrogens with zero attached hydrogens (tertiary/aromatic N) is 2. The van der Waals surface area contributed by atoms with Crippen LogP contribution < -0.4 is 0 Å². The Hall–Kier alpha value is -1.42. The van der Waals surface area contributed by atoms with E-state index < -0.39 is 0 Å². The van der Waals surface area contributed by atoms with E-state index in [1.807, 2.05) is 6.07 Å². The number of aliphatic hydroxyl groups is 1.